The molecular formula is C23H21N3O3. The van der Waals surface area contributed by atoms with Gasteiger partial charge in [-0.3, -0.25) is 9.59 Å². The summed E-state index contributed by atoms with van der Waals surface area (Å²) in [6.45, 7) is 4.20. The number of hydrogen-bond donors (Lipinski definition) is 2. The third kappa shape index (κ3) is 5.11. The molecule has 0 fully saturated rings. The molecule has 1 amide bonds. The summed E-state index contributed by atoms with van der Waals surface area (Å²) in [6, 6.07) is 17.9. The fourth-order valence-corrected chi connectivity index (χ4v) is 2.92. The lowest BCUT2D eigenvalue weighted by molar-refractivity contribution is 0.0950. The summed E-state index contributed by atoms with van der Waals surface area (Å²) in [6.07, 6.45) is 0. The van der Waals surface area contributed by atoms with Gasteiger partial charge in [0, 0.05) is 23.4 Å². The Bertz CT molecular complexity index is 1110. The van der Waals surface area contributed by atoms with Gasteiger partial charge in [-0.05, 0) is 67.4 Å². The van der Waals surface area contributed by atoms with Crippen LogP contribution in [0.5, 0.6) is 5.75 Å². The van der Waals surface area contributed by atoms with Crippen molar-refractivity contribution in [2.75, 3.05) is 0 Å². The zero-order valence-corrected chi connectivity index (χ0v) is 16.3. The molecule has 0 aliphatic rings. The fraction of sp³-hybridized carbons (Fsp3) is 0.174. The monoisotopic (exact) mass is 387 g/mol. The molecule has 0 saturated heterocycles. The van der Waals surface area contributed by atoms with Crippen LogP contribution in [0.4, 0.5) is 0 Å². The number of benzene rings is 2. The average Bonchev–Trinajstić information content (AvgIpc) is 2.72. The Morgan fingerprint density at radius 1 is 1.10 bits per heavy atom. The molecule has 1 heterocycles. The van der Waals surface area contributed by atoms with Gasteiger partial charge in [0.25, 0.3) is 11.5 Å². The number of rotatable bonds is 6. The predicted octanol–water partition coefficient (Wildman–Crippen LogP) is 3.37. The first-order valence-electron chi connectivity index (χ1n) is 9.16. The van der Waals surface area contributed by atoms with Crippen LogP contribution in [0, 0.1) is 25.2 Å². The molecule has 0 atom stereocenters. The minimum atomic E-state index is -0.246. The van der Waals surface area contributed by atoms with Gasteiger partial charge in [-0.25, -0.2) is 0 Å². The number of pyridine rings is 1. The number of ether oxygens (including phenoxy) is 1. The predicted molar refractivity (Wildman–Crippen MR) is 110 cm³/mol. The summed E-state index contributed by atoms with van der Waals surface area (Å²) < 4.78 is 5.69. The van der Waals surface area contributed by atoms with E-state index in [2.05, 4.69) is 16.4 Å². The van der Waals surface area contributed by atoms with Crippen LogP contribution in [-0.2, 0) is 13.2 Å². The number of carbonyl (C=O) groups excluding carboxylic acids is 1. The van der Waals surface area contributed by atoms with Crippen LogP contribution in [0.1, 0.15) is 38.3 Å². The van der Waals surface area contributed by atoms with E-state index >= 15 is 0 Å². The largest absolute Gasteiger partial charge is 0.489 e. The van der Waals surface area contributed by atoms with Crippen molar-refractivity contribution in [1.82, 2.24) is 10.3 Å². The molecule has 1 aromatic heterocycles. The maximum Gasteiger partial charge on any atom is 0.253 e. The molecular weight excluding hydrogens is 366 g/mol. The van der Waals surface area contributed by atoms with Crippen molar-refractivity contribution in [1.29, 1.82) is 5.26 Å². The minimum absolute atomic E-state index is 0.170. The van der Waals surface area contributed by atoms with Crippen LogP contribution in [-0.4, -0.2) is 10.9 Å². The Morgan fingerprint density at radius 3 is 2.41 bits per heavy atom. The number of aryl methyl sites for hydroxylation is 2. The Morgan fingerprint density at radius 2 is 1.79 bits per heavy atom. The van der Waals surface area contributed by atoms with Crippen molar-refractivity contribution >= 4 is 5.91 Å². The molecule has 0 aliphatic carbocycles. The van der Waals surface area contributed by atoms with Gasteiger partial charge in [-0.15, -0.1) is 0 Å². The van der Waals surface area contributed by atoms with Crippen molar-refractivity contribution in [2.45, 2.75) is 27.0 Å². The summed E-state index contributed by atoms with van der Waals surface area (Å²) in [5.74, 6) is 0.424. The summed E-state index contributed by atoms with van der Waals surface area (Å²) in [5, 5.41) is 11.6. The van der Waals surface area contributed by atoms with E-state index in [1.54, 1.807) is 36.4 Å². The third-order valence-corrected chi connectivity index (χ3v) is 4.52. The van der Waals surface area contributed by atoms with E-state index in [0.717, 1.165) is 16.8 Å². The highest BCUT2D eigenvalue weighted by Crippen LogP contribution is 2.14. The van der Waals surface area contributed by atoms with E-state index < -0.39 is 0 Å². The summed E-state index contributed by atoms with van der Waals surface area (Å²) in [5.41, 5.74) is 4.01. The van der Waals surface area contributed by atoms with Gasteiger partial charge in [0.15, 0.2) is 0 Å². The van der Waals surface area contributed by atoms with Crippen LogP contribution in [0.15, 0.2) is 59.4 Å². The molecule has 0 spiro atoms. The summed E-state index contributed by atoms with van der Waals surface area (Å²) in [7, 11) is 0. The van der Waals surface area contributed by atoms with Gasteiger partial charge in [0.05, 0.1) is 11.6 Å². The summed E-state index contributed by atoms with van der Waals surface area (Å²) in [4.78, 5) is 27.2. The number of amides is 1. The van der Waals surface area contributed by atoms with Gasteiger partial charge in [-0.2, -0.15) is 5.26 Å². The summed E-state index contributed by atoms with van der Waals surface area (Å²) >= 11 is 0. The maximum absolute atomic E-state index is 12.4. The maximum atomic E-state index is 12.4. The first-order chi connectivity index (χ1) is 14.0. The molecule has 6 heteroatoms. The van der Waals surface area contributed by atoms with Gasteiger partial charge >= 0.3 is 0 Å². The number of carbonyl (C=O) groups is 1. The molecule has 0 aliphatic heterocycles. The molecule has 0 unspecified atom stereocenters. The fourth-order valence-electron chi connectivity index (χ4n) is 2.92. The second-order valence-corrected chi connectivity index (χ2v) is 6.75. The molecule has 3 aromatic rings. The van der Waals surface area contributed by atoms with E-state index in [-0.39, 0.29) is 18.0 Å². The Labute approximate surface area is 168 Å². The molecule has 146 valence electrons. The Balaban J connectivity index is 1.57. The van der Waals surface area contributed by atoms with Crippen LogP contribution < -0.4 is 15.6 Å². The molecule has 3 rings (SSSR count). The van der Waals surface area contributed by atoms with Gasteiger partial charge < -0.3 is 15.0 Å². The van der Waals surface area contributed by atoms with Crippen molar-refractivity contribution in [3.8, 4) is 11.8 Å². The first-order valence-corrected chi connectivity index (χ1v) is 9.16. The molecule has 2 N–H and O–H groups in total. The molecule has 6 nitrogen and oxygen atoms in total. The Kier molecular flexibility index (Phi) is 6.10. The third-order valence-electron chi connectivity index (χ3n) is 4.52. The lowest BCUT2D eigenvalue weighted by atomic mass is 10.1. The smallest absolute Gasteiger partial charge is 0.253 e. The molecule has 29 heavy (non-hydrogen) atoms. The van der Waals surface area contributed by atoms with E-state index in [1.807, 2.05) is 32.0 Å². The average molecular weight is 387 g/mol. The van der Waals surface area contributed by atoms with E-state index in [9.17, 15) is 9.59 Å². The number of nitriles is 1. The lowest BCUT2D eigenvalue weighted by Gasteiger charge is -2.09. The van der Waals surface area contributed by atoms with Crippen molar-refractivity contribution in [3.63, 3.8) is 0 Å². The van der Waals surface area contributed by atoms with Gasteiger partial charge in [0.2, 0.25) is 0 Å². The number of nitrogens with zero attached hydrogens (tertiary/aromatic N) is 1. The van der Waals surface area contributed by atoms with E-state index in [4.69, 9.17) is 10.00 Å². The number of hydrogen-bond acceptors (Lipinski definition) is 4. The zero-order valence-electron chi connectivity index (χ0n) is 16.3. The van der Waals surface area contributed by atoms with E-state index in [1.165, 1.54) is 0 Å². The standard InChI is InChI=1S/C23H21N3O3/c1-15-11-16(2)26-23(28)21(15)13-25-22(27)19-7-3-18(4-8-19)14-29-20-9-5-17(12-24)6-10-20/h3-11H,13-14H2,1-2H3,(H,25,27)(H,26,28). The highest BCUT2D eigenvalue weighted by molar-refractivity contribution is 5.94. The molecule has 0 radical (unpaired) electrons. The van der Waals surface area contributed by atoms with Crippen LogP contribution in [0.25, 0.3) is 0 Å². The number of nitrogens with one attached hydrogen (secondary N) is 2. The van der Waals surface area contributed by atoms with Crippen molar-refractivity contribution in [3.05, 3.63) is 98.5 Å². The SMILES string of the molecule is Cc1cc(C)c(CNC(=O)c2ccc(COc3ccc(C#N)cc3)cc2)c(=O)[nH]1. The molecule has 0 bridgehead atoms. The number of aromatic nitrogens is 1. The Hall–Kier alpha value is -3.85. The van der Waals surface area contributed by atoms with Crippen LogP contribution in [0.3, 0.4) is 0 Å². The van der Waals surface area contributed by atoms with Gasteiger partial charge in [0.1, 0.15) is 12.4 Å². The van der Waals surface area contributed by atoms with Crippen LogP contribution in [0.2, 0.25) is 0 Å². The van der Waals surface area contributed by atoms with Crippen molar-refractivity contribution in [2.24, 2.45) is 0 Å². The number of H-pyrrole nitrogens is 1. The van der Waals surface area contributed by atoms with Gasteiger partial charge in [-0.1, -0.05) is 12.1 Å². The van der Waals surface area contributed by atoms with Crippen LogP contribution >= 0.6 is 0 Å². The second kappa shape index (κ2) is 8.89. The normalized spacial score (nSPS) is 10.2. The van der Waals surface area contributed by atoms with Crippen molar-refractivity contribution < 1.29 is 9.53 Å². The molecule has 0 saturated carbocycles. The lowest BCUT2D eigenvalue weighted by Crippen LogP contribution is -2.27. The quantitative estimate of drug-likeness (QED) is 0.678. The highest BCUT2D eigenvalue weighted by atomic mass is 16.5. The first kappa shape index (κ1) is 19.9. The minimum Gasteiger partial charge on any atom is -0.489 e. The second-order valence-electron chi connectivity index (χ2n) is 6.75. The number of aromatic amines is 1. The van der Waals surface area contributed by atoms with E-state index in [0.29, 0.717) is 29.0 Å². The topological polar surface area (TPSA) is 95.0 Å². The zero-order chi connectivity index (χ0) is 20.8. The highest BCUT2D eigenvalue weighted by Gasteiger charge is 2.09. The molecule has 2 aromatic carbocycles.